The fourth-order valence-electron chi connectivity index (χ4n) is 2.16. The molecule has 2 heterocycles. The number of aryl methyl sites for hydroxylation is 2. The molecular formula is C16H22N4O2S. The minimum atomic E-state index is -0.561. The molecule has 0 bridgehead atoms. The first-order valence-electron chi connectivity index (χ1n) is 7.63. The largest absolute Gasteiger partial charge is 0.354 e. The van der Waals surface area contributed by atoms with Crippen molar-refractivity contribution >= 4 is 34.2 Å². The van der Waals surface area contributed by atoms with E-state index in [1.807, 2.05) is 31.4 Å². The molecule has 2 N–H and O–H groups in total. The van der Waals surface area contributed by atoms with E-state index in [0.29, 0.717) is 6.54 Å². The third kappa shape index (κ3) is 4.19. The third-order valence-corrected chi connectivity index (χ3v) is 4.25. The van der Waals surface area contributed by atoms with Crippen LogP contribution in [-0.4, -0.2) is 33.8 Å². The molecule has 0 radical (unpaired) electrons. The second-order valence-corrected chi connectivity index (χ2v) is 6.64. The highest BCUT2D eigenvalue weighted by Gasteiger charge is 2.14. The van der Waals surface area contributed by atoms with E-state index in [1.165, 1.54) is 6.08 Å². The van der Waals surface area contributed by atoms with Crippen LogP contribution in [0.4, 0.5) is 0 Å². The van der Waals surface area contributed by atoms with E-state index >= 15 is 0 Å². The first-order chi connectivity index (χ1) is 10.9. The predicted molar refractivity (Wildman–Crippen MR) is 92.5 cm³/mol. The van der Waals surface area contributed by atoms with Gasteiger partial charge in [-0.15, -0.1) is 11.3 Å². The second-order valence-electron chi connectivity index (χ2n) is 5.43. The number of rotatable bonds is 6. The highest BCUT2D eigenvalue weighted by Crippen LogP contribution is 2.21. The minimum Gasteiger partial charge on any atom is -0.354 e. The van der Waals surface area contributed by atoms with E-state index in [0.717, 1.165) is 27.6 Å². The highest BCUT2D eigenvalue weighted by molar-refractivity contribution is 7.17. The van der Waals surface area contributed by atoms with Crippen LogP contribution in [0.25, 0.3) is 11.0 Å². The summed E-state index contributed by atoms with van der Waals surface area (Å²) in [5, 5.41) is 5.41. The van der Waals surface area contributed by atoms with Gasteiger partial charge < -0.3 is 10.6 Å². The number of aromatic nitrogens is 2. The molecule has 2 amide bonds. The molecule has 23 heavy (non-hydrogen) atoms. The molecule has 0 aliphatic rings. The van der Waals surface area contributed by atoms with Crippen molar-refractivity contribution in [2.75, 3.05) is 6.54 Å². The zero-order valence-corrected chi connectivity index (χ0v) is 14.7. The fraction of sp³-hybridized carbons (Fsp3) is 0.438. The SMILES string of the molecule is CCCNC(=O)C(C)NC(=O)/C=C/c1c(C)nc2sc(C)cn12. The Morgan fingerprint density at radius 3 is 2.87 bits per heavy atom. The molecule has 1 atom stereocenters. The predicted octanol–water partition coefficient (Wildman–Crippen LogP) is 2.06. The number of carbonyl (C=O) groups excluding carboxylic acids is 2. The Morgan fingerprint density at radius 1 is 1.43 bits per heavy atom. The lowest BCUT2D eigenvalue weighted by molar-refractivity contribution is -0.126. The van der Waals surface area contributed by atoms with Crippen LogP contribution >= 0.6 is 11.3 Å². The average molecular weight is 334 g/mol. The van der Waals surface area contributed by atoms with Gasteiger partial charge in [0, 0.05) is 23.7 Å². The van der Waals surface area contributed by atoms with E-state index in [1.54, 1.807) is 24.3 Å². The summed E-state index contributed by atoms with van der Waals surface area (Å²) in [4.78, 5) is 30.3. The Labute approximate surface area is 139 Å². The summed E-state index contributed by atoms with van der Waals surface area (Å²) in [6, 6.07) is -0.561. The summed E-state index contributed by atoms with van der Waals surface area (Å²) in [7, 11) is 0. The Balaban J connectivity index is 2.02. The van der Waals surface area contributed by atoms with E-state index in [4.69, 9.17) is 0 Å². The molecule has 7 heteroatoms. The van der Waals surface area contributed by atoms with Gasteiger partial charge in [-0.3, -0.25) is 14.0 Å². The van der Waals surface area contributed by atoms with Crippen LogP contribution in [-0.2, 0) is 9.59 Å². The Kier molecular flexibility index (Phi) is 5.54. The van der Waals surface area contributed by atoms with Crippen molar-refractivity contribution in [2.24, 2.45) is 0 Å². The number of fused-ring (bicyclic) bond motifs is 1. The van der Waals surface area contributed by atoms with Crippen LogP contribution in [0.1, 0.15) is 36.5 Å². The van der Waals surface area contributed by atoms with E-state index < -0.39 is 6.04 Å². The summed E-state index contributed by atoms with van der Waals surface area (Å²) in [6.45, 7) is 8.19. The molecule has 0 saturated carbocycles. The zero-order chi connectivity index (χ0) is 17.0. The minimum absolute atomic E-state index is 0.176. The van der Waals surface area contributed by atoms with Crippen LogP contribution in [0.3, 0.4) is 0 Å². The van der Waals surface area contributed by atoms with Gasteiger partial charge in [0.25, 0.3) is 0 Å². The van der Waals surface area contributed by atoms with Gasteiger partial charge in [0.1, 0.15) is 6.04 Å². The lowest BCUT2D eigenvalue weighted by Crippen LogP contribution is -2.44. The van der Waals surface area contributed by atoms with Gasteiger partial charge >= 0.3 is 0 Å². The molecule has 0 aliphatic carbocycles. The Hall–Kier alpha value is -2.15. The number of hydrogen-bond donors (Lipinski definition) is 2. The van der Waals surface area contributed by atoms with E-state index in [-0.39, 0.29) is 11.8 Å². The average Bonchev–Trinajstić information content (AvgIpc) is 2.97. The zero-order valence-electron chi connectivity index (χ0n) is 13.8. The maximum atomic E-state index is 12.0. The van der Waals surface area contributed by atoms with Crippen molar-refractivity contribution in [3.8, 4) is 0 Å². The van der Waals surface area contributed by atoms with Crippen molar-refractivity contribution < 1.29 is 9.59 Å². The topological polar surface area (TPSA) is 75.5 Å². The quantitative estimate of drug-likeness (QED) is 0.794. The molecule has 1 unspecified atom stereocenters. The van der Waals surface area contributed by atoms with Crippen molar-refractivity contribution in [3.05, 3.63) is 28.5 Å². The first-order valence-corrected chi connectivity index (χ1v) is 8.45. The van der Waals surface area contributed by atoms with Gasteiger partial charge in [0.2, 0.25) is 11.8 Å². The molecule has 0 aromatic carbocycles. The summed E-state index contributed by atoms with van der Waals surface area (Å²) in [5.41, 5.74) is 1.75. The molecule has 0 saturated heterocycles. The van der Waals surface area contributed by atoms with E-state index in [9.17, 15) is 9.59 Å². The number of nitrogens with zero attached hydrogens (tertiary/aromatic N) is 2. The molecule has 124 valence electrons. The van der Waals surface area contributed by atoms with Gasteiger partial charge in [-0.05, 0) is 33.3 Å². The lowest BCUT2D eigenvalue weighted by Gasteiger charge is -2.12. The molecule has 0 fully saturated rings. The molecule has 2 aromatic rings. The monoisotopic (exact) mass is 334 g/mol. The number of imidazole rings is 1. The molecule has 2 aromatic heterocycles. The number of thiazole rings is 1. The summed E-state index contributed by atoms with van der Waals surface area (Å²) >= 11 is 1.61. The van der Waals surface area contributed by atoms with Crippen molar-refractivity contribution in [1.82, 2.24) is 20.0 Å². The maximum absolute atomic E-state index is 12.0. The van der Waals surface area contributed by atoms with Gasteiger partial charge in [-0.2, -0.15) is 0 Å². The molecular weight excluding hydrogens is 312 g/mol. The van der Waals surface area contributed by atoms with Crippen molar-refractivity contribution in [3.63, 3.8) is 0 Å². The number of hydrogen-bond acceptors (Lipinski definition) is 4. The van der Waals surface area contributed by atoms with Gasteiger partial charge in [0.15, 0.2) is 4.96 Å². The Bertz CT molecular complexity index is 745. The highest BCUT2D eigenvalue weighted by atomic mass is 32.1. The fourth-order valence-corrected chi connectivity index (χ4v) is 3.04. The lowest BCUT2D eigenvalue weighted by atomic mass is 10.2. The van der Waals surface area contributed by atoms with Gasteiger partial charge in [-0.25, -0.2) is 4.98 Å². The molecule has 2 rings (SSSR count). The van der Waals surface area contributed by atoms with Crippen LogP contribution in [0.2, 0.25) is 0 Å². The third-order valence-electron chi connectivity index (χ3n) is 3.36. The van der Waals surface area contributed by atoms with Gasteiger partial charge in [0.05, 0.1) is 11.4 Å². The normalized spacial score (nSPS) is 12.7. The summed E-state index contributed by atoms with van der Waals surface area (Å²) in [6.07, 6.45) is 6.03. The molecule has 0 aliphatic heterocycles. The number of amides is 2. The van der Waals surface area contributed by atoms with E-state index in [2.05, 4.69) is 15.6 Å². The standard InChI is InChI=1S/C16H22N4O2S/c1-5-8-17-15(22)12(4)18-14(21)7-6-13-11(3)19-16-20(13)9-10(2)23-16/h6-7,9,12H,5,8H2,1-4H3,(H,17,22)(H,18,21)/b7-6+. The van der Waals surface area contributed by atoms with Crippen LogP contribution in [0.15, 0.2) is 12.3 Å². The Morgan fingerprint density at radius 2 is 2.17 bits per heavy atom. The van der Waals surface area contributed by atoms with Crippen LogP contribution in [0, 0.1) is 13.8 Å². The van der Waals surface area contributed by atoms with Crippen LogP contribution in [0.5, 0.6) is 0 Å². The van der Waals surface area contributed by atoms with Crippen LogP contribution < -0.4 is 10.6 Å². The molecule has 0 spiro atoms. The molecule has 6 nitrogen and oxygen atoms in total. The summed E-state index contributed by atoms with van der Waals surface area (Å²) in [5.74, 6) is -0.476. The number of carbonyl (C=O) groups is 2. The maximum Gasteiger partial charge on any atom is 0.244 e. The summed E-state index contributed by atoms with van der Waals surface area (Å²) < 4.78 is 1.97. The first kappa shape index (κ1) is 17.2. The van der Waals surface area contributed by atoms with Crippen molar-refractivity contribution in [2.45, 2.75) is 40.2 Å². The smallest absolute Gasteiger partial charge is 0.244 e. The van der Waals surface area contributed by atoms with Crippen molar-refractivity contribution in [1.29, 1.82) is 0 Å². The number of nitrogens with one attached hydrogen (secondary N) is 2. The second kappa shape index (κ2) is 7.41. The van der Waals surface area contributed by atoms with Gasteiger partial charge in [-0.1, -0.05) is 6.92 Å².